The minimum absolute atomic E-state index is 0.0329. The topological polar surface area (TPSA) is 79.9 Å². The summed E-state index contributed by atoms with van der Waals surface area (Å²) in [6.45, 7) is 3.70. The molecule has 0 unspecified atom stereocenters. The van der Waals surface area contributed by atoms with E-state index < -0.39 is 11.7 Å². The maximum absolute atomic E-state index is 13.5. The first kappa shape index (κ1) is 17.6. The van der Waals surface area contributed by atoms with Crippen LogP contribution in [0.25, 0.3) is 0 Å². The molecule has 3 rings (SSSR count). The third-order valence-electron chi connectivity index (χ3n) is 3.79. The van der Waals surface area contributed by atoms with Gasteiger partial charge in [0, 0.05) is 11.1 Å². The lowest BCUT2D eigenvalue weighted by atomic mass is 10.2. The van der Waals surface area contributed by atoms with Gasteiger partial charge in [-0.25, -0.2) is 9.07 Å². The van der Waals surface area contributed by atoms with Gasteiger partial charge in [-0.15, -0.1) is 11.3 Å². The summed E-state index contributed by atoms with van der Waals surface area (Å²) < 4.78 is 20.3. The normalized spacial score (nSPS) is 10.4. The highest BCUT2D eigenvalue weighted by atomic mass is 32.1. The number of hydrogen-bond acceptors (Lipinski definition) is 5. The summed E-state index contributed by atoms with van der Waals surface area (Å²) in [5.41, 5.74) is 1.49. The molecular weight excluding hydrogens is 355 g/mol. The second-order valence-corrected chi connectivity index (χ2v) is 6.72. The number of carbonyl (C=O) groups excluding carboxylic acids is 1. The molecule has 0 aliphatic heterocycles. The lowest BCUT2D eigenvalue weighted by Gasteiger charge is -2.06. The molecule has 8 heteroatoms. The second kappa shape index (κ2) is 7.37. The maximum Gasteiger partial charge on any atom is 0.276 e. The van der Waals surface area contributed by atoms with E-state index in [0.29, 0.717) is 10.6 Å². The van der Waals surface area contributed by atoms with Gasteiger partial charge in [0.15, 0.2) is 24.0 Å². The summed E-state index contributed by atoms with van der Waals surface area (Å²) in [5.74, 6) is -0.783. The molecule has 132 valence electrons. The van der Waals surface area contributed by atoms with E-state index in [1.54, 1.807) is 18.3 Å². The number of thiophene rings is 1. The van der Waals surface area contributed by atoms with Crippen LogP contribution >= 0.6 is 11.3 Å². The Morgan fingerprint density at radius 3 is 2.88 bits per heavy atom. The third kappa shape index (κ3) is 3.58. The van der Waals surface area contributed by atoms with Gasteiger partial charge < -0.3 is 10.1 Å². The minimum Gasteiger partial charge on any atom is -0.468 e. The average Bonchev–Trinajstić information content (AvgIpc) is 3.19. The van der Waals surface area contributed by atoms with Crippen molar-refractivity contribution in [2.24, 2.45) is 0 Å². The number of hydrogen-bond donors (Lipinski definition) is 1. The van der Waals surface area contributed by atoms with Crippen LogP contribution in [0.4, 0.5) is 9.39 Å². The van der Waals surface area contributed by atoms with Crippen LogP contribution in [0.1, 0.15) is 26.5 Å². The Morgan fingerprint density at radius 2 is 2.15 bits per heavy atom. The second-order valence-electron chi connectivity index (χ2n) is 5.50. The van der Waals surface area contributed by atoms with Gasteiger partial charge in [0.2, 0.25) is 0 Å². The van der Waals surface area contributed by atoms with Crippen LogP contribution < -0.4 is 10.1 Å². The number of rotatable bonds is 5. The molecule has 3 aromatic rings. The molecule has 1 amide bonds. The molecule has 1 N–H and O–H groups in total. The van der Waals surface area contributed by atoms with Crippen LogP contribution in [-0.4, -0.2) is 15.7 Å². The number of nitrogens with zero attached hydrogens (tertiary/aromatic N) is 3. The van der Waals surface area contributed by atoms with Gasteiger partial charge in [0.25, 0.3) is 5.91 Å². The molecule has 0 aliphatic rings. The molecule has 2 heterocycles. The van der Waals surface area contributed by atoms with Crippen molar-refractivity contribution in [1.29, 1.82) is 5.26 Å². The lowest BCUT2D eigenvalue weighted by molar-refractivity contribution is 0.102. The average molecular weight is 370 g/mol. The molecule has 0 spiro atoms. The summed E-state index contributed by atoms with van der Waals surface area (Å²) in [5, 5.41) is 16.6. The van der Waals surface area contributed by atoms with Gasteiger partial charge in [-0.2, -0.15) is 10.4 Å². The van der Waals surface area contributed by atoms with Gasteiger partial charge in [-0.05, 0) is 37.6 Å². The zero-order valence-corrected chi connectivity index (χ0v) is 14.9. The van der Waals surface area contributed by atoms with E-state index in [2.05, 4.69) is 16.5 Å². The van der Waals surface area contributed by atoms with Crippen LogP contribution in [0.3, 0.4) is 0 Å². The van der Waals surface area contributed by atoms with E-state index in [1.807, 2.05) is 13.8 Å². The molecule has 26 heavy (non-hydrogen) atoms. The molecule has 0 radical (unpaired) electrons. The zero-order valence-electron chi connectivity index (χ0n) is 14.1. The molecule has 0 atom stereocenters. The monoisotopic (exact) mass is 370 g/mol. The molecular formula is C18H15FN4O2S. The first-order chi connectivity index (χ1) is 12.5. The molecule has 0 aliphatic carbocycles. The molecule has 1 aromatic carbocycles. The van der Waals surface area contributed by atoms with Crippen molar-refractivity contribution < 1.29 is 13.9 Å². The quantitative estimate of drug-likeness (QED) is 0.739. The van der Waals surface area contributed by atoms with E-state index in [9.17, 15) is 14.4 Å². The molecule has 6 nitrogen and oxygen atoms in total. The van der Waals surface area contributed by atoms with Crippen molar-refractivity contribution in [1.82, 2.24) is 9.78 Å². The summed E-state index contributed by atoms with van der Waals surface area (Å²) in [7, 11) is 0. The summed E-state index contributed by atoms with van der Waals surface area (Å²) in [6.07, 6.45) is 1.56. The number of para-hydroxylation sites is 1. The van der Waals surface area contributed by atoms with Gasteiger partial charge in [0.05, 0.1) is 5.56 Å². The lowest BCUT2D eigenvalue weighted by Crippen LogP contribution is -2.14. The number of nitriles is 1. The Balaban J connectivity index is 1.68. The molecule has 0 fully saturated rings. The summed E-state index contributed by atoms with van der Waals surface area (Å²) in [4.78, 5) is 13.3. The smallest absolute Gasteiger partial charge is 0.276 e. The molecule has 0 saturated heterocycles. The zero-order chi connectivity index (χ0) is 18.7. The Hall–Kier alpha value is -3.18. The van der Waals surface area contributed by atoms with E-state index >= 15 is 0 Å². The van der Waals surface area contributed by atoms with Gasteiger partial charge in [-0.1, -0.05) is 12.1 Å². The predicted molar refractivity (Wildman–Crippen MR) is 95.7 cm³/mol. The standard InChI is InChI=1S/C18H15FN4O2S/c1-11-12(2)26-18(13(11)9-20)21-17(24)15-7-8-23(22-15)10-25-16-6-4-3-5-14(16)19/h3-8H,10H2,1-2H3,(H,21,24). The van der Waals surface area contributed by atoms with Crippen molar-refractivity contribution in [3.8, 4) is 11.8 Å². The van der Waals surface area contributed by atoms with Crippen LogP contribution in [0.5, 0.6) is 5.75 Å². The number of aromatic nitrogens is 2. The number of aryl methyl sites for hydroxylation is 1. The number of anilines is 1. The highest BCUT2D eigenvalue weighted by Gasteiger charge is 2.17. The molecule has 2 aromatic heterocycles. The van der Waals surface area contributed by atoms with Crippen LogP contribution in [0, 0.1) is 31.0 Å². The Kier molecular flexibility index (Phi) is 5.00. The highest BCUT2D eigenvalue weighted by Crippen LogP contribution is 2.31. The first-order valence-electron chi connectivity index (χ1n) is 7.72. The highest BCUT2D eigenvalue weighted by molar-refractivity contribution is 7.16. The van der Waals surface area contributed by atoms with E-state index in [0.717, 1.165) is 10.4 Å². The third-order valence-corrected chi connectivity index (χ3v) is 4.91. The van der Waals surface area contributed by atoms with Crippen LogP contribution in [0.15, 0.2) is 36.5 Å². The van der Waals surface area contributed by atoms with E-state index in [-0.39, 0.29) is 18.2 Å². The number of benzene rings is 1. The van der Waals surface area contributed by atoms with Crippen molar-refractivity contribution in [3.63, 3.8) is 0 Å². The Labute approximate surface area is 153 Å². The van der Waals surface area contributed by atoms with Gasteiger partial charge in [0.1, 0.15) is 11.1 Å². The number of nitrogens with one attached hydrogen (secondary N) is 1. The van der Waals surface area contributed by atoms with Crippen molar-refractivity contribution in [2.45, 2.75) is 20.6 Å². The fourth-order valence-electron chi connectivity index (χ4n) is 2.27. The van der Waals surface area contributed by atoms with E-state index in [4.69, 9.17) is 4.74 Å². The first-order valence-corrected chi connectivity index (χ1v) is 8.53. The molecule has 0 bridgehead atoms. The predicted octanol–water partition coefficient (Wildman–Crippen LogP) is 3.86. The van der Waals surface area contributed by atoms with Gasteiger partial charge >= 0.3 is 0 Å². The van der Waals surface area contributed by atoms with Gasteiger partial charge in [-0.3, -0.25) is 4.79 Å². The SMILES string of the molecule is Cc1sc(NC(=O)c2ccn(COc3ccccc3F)n2)c(C#N)c1C. The van der Waals surface area contributed by atoms with Crippen LogP contribution in [0.2, 0.25) is 0 Å². The number of halogens is 1. The minimum atomic E-state index is -0.468. The van der Waals surface area contributed by atoms with Crippen molar-refractivity contribution in [2.75, 3.05) is 5.32 Å². The largest absolute Gasteiger partial charge is 0.468 e. The van der Waals surface area contributed by atoms with E-state index in [1.165, 1.54) is 34.2 Å². The summed E-state index contributed by atoms with van der Waals surface area (Å²) in [6, 6.07) is 9.68. The Morgan fingerprint density at radius 1 is 1.38 bits per heavy atom. The summed E-state index contributed by atoms with van der Waals surface area (Å²) >= 11 is 1.35. The van der Waals surface area contributed by atoms with Crippen molar-refractivity contribution in [3.05, 3.63) is 64.0 Å². The number of amides is 1. The number of ether oxygens (including phenoxy) is 1. The number of carbonyl (C=O) groups is 1. The van der Waals surface area contributed by atoms with Crippen molar-refractivity contribution >= 4 is 22.2 Å². The molecule has 0 saturated carbocycles. The fraction of sp³-hybridized carbons (Fsp3) is 0.167. The Bertz CT molecular complexity index is 1000. The fourth-order valence-corrected chi connectivity index (χ4v) is 3.27. The maximum atomic E-state index is 13.5. The van der Waals surface area contributed by atoms with Crippen LogP contribution in [-0.2, 0) is 6.73 Å².